The van der Waals surface area contributed by atoms with Gasteiger partial charge in [-0.25, -0.2) is 9.98 Å². The lowest BCUT2D eigenvalue weighted by molar-refractivity contribution is 0.254. The van der Waals surface area contributed by atoms with Gasteiger partial charge in [-0.05, 0) is 44.5 Å². The van der Waals surface area contributed by atoms with Crippen molar-refractivity contribution >= 4 is 17.6 Å². The highest BCUT2D eigenvalue weighted by molar-refractivity contribution is 6.29. The molecule has 1 aromatic heterocycles. The van der Waals surface area contributed by atoms with Gasteiger partial charge in [0.05, 0.1) is 13.2 Å². The van der Waals surface area contributed by atoms with Crippen molar-refractivity contribution in [2.45, 2.75) is 46.4 Å². The van der Waals surface area contributed by atoms with Gasteiger partial charge in [-0.2, -0.15) is 0 Å². The molecule has 2 heterocycles. The maximum Gasteiger partial charge on any atom is 0.191 e. The topological polar surface area (TPSA) is 67.8 Å². The lowest BCUT2D eigenvalue weighted by Gasteiger charge is -2.15. The molecule has 0 amide bonds. The Bertz CT molecular complexity index is 824. The van der Waals surface area contributed by atoms with Gasteiger partial charge in [0.25, 0.3) is 0 Å². The molecule has 1 aromatic carbocycles. The number of pyridine rings is 1. The van der Waals surface area contributed by atoms with Crippen LogP contribution in [0.2, 0.25) is 5.15 Å². The van der Waals surface area contributed by atoms with E-state index >= 15 is 0 Å². The van der Waals surface area contributed by atoms with E-state index in [1.807, 2.05) is 19.9 Å². The minimum atomic E-state index is 0.208. The zero-order valence-corrected chi connectivity index (χ0v) is 17.3. The van der Waals surface area contributed by atoms with E-state index in [4.69, 9.17) is 21.1 Å². The molecule has 0 radical (unpaired) electrons. The second-order valence-electron chi connectivity index (χ2n) is 6.67. The minimum Gasteiger partial charge on any atom is -0.494 e. The summed E-state index contributed by atoms with van der Waals surface area (Å²) in [4.78, 5) is 8.72. The molecule has 2 N–H and O–H groups in total. The van der Waals surface area contributed by atoms with Gasteiger partial charge in [-0.3, -0.25) is 0 Å². The molecule has 0 saturated carbocycles. The fourth-order valence-corrected chi connectivity index (χ4v) is 3.21. The molecule has 0 aliphatic carbocycles. The summed E-state index contributed by atoms with van der Waals surface area (Å²) in [7, 11) is 0. The number of rotatable bonds is 7. The minimum absolute atomic E-state index is 0.208. The van der Waals surface area contributed by atoms with Crippen LogP contribution in [0.4, 0.5) is 0 Å². The third-order valence-electron chi connectivity index (χ3n) is 4.38. The van der Waals surface area contributed by atoms with E-state index in [0.29, 0.717) is 24.8 Å². The predicted octanol–water partition coefficient (Wildman–Crippen LogP) is 3.71. The SMILES string of the molecule is CCNC(=NCc1ccc(Cl)nc1)NCc1cc2c(cc1OCC)CC(C)O2. The molecule has 0 fully saturated rings. The average molecular weight is 403 g/mol. The van der Waals surface area contributed by atoms with E-state index in [-0.39, 0.29) is 6.10 Å². The van der Waals surface area contributed by atoms with Gasteiger partial charge in [0, 0.05) is 36.8 Å². The number of hydrogen-bond acceptors (Lipinski definition) is 4. The number of halogens is 1. The third-order valence-corrected chi connectivity index (χ3v) is 4.60. The van der Waals surface area contributed by atoms with Crippen LogP contribution in [-0.4, -0.2) is 30.2 Å². The number of nitrogens with zero attached hydrogens (tertiary/aromatic N) is 2. The van der Waals surface area contributed by atoms with Crippen LogP contribution in [0.5, 0.6) is 11.5 Å². The van der Waals surface area contributed by atoms with Crippen molar-refractivity contribution in [1.82, 2.24) is 15.6 Å². The van der Waals surface area contributed by atoms with Gasteiger partial charge >= 0.3 is 0 Å². The Kier molecular flexibility index (Phi) is 6.98. The fraction of sp³-hybridized carbons (Fsp3) is 0.429. The van der Waals surface area contributed by atoms with Crippen LogP contribution in [-0.2, 0) is 19.5 Å². The van der Waals surface area contributed by atoms with E-state index < -0.39 is 0 Å². The van der Waals surface area contributed by atoms with Crippen LogP contribution in [0.1, 0.15) is 37.5 Å². The van der Waals surface area contributed by atoms with Crippen molar-refractivity contribution in [2.24, 2.45) is 4.99 Å². The summed E-state index contributed by atoms with van der Waals surface area (Å²) in [6.07, 6.45) is 2.86. The molecule has 0 spiro atoms. The number of nitrogens with one attached hydrogen (secondary N) is 2. The Balaban J connectivity index is 1.71. The highest BCUT2D eigenvalue weighted by Crippen LogP contribution is 2.35. The van der Waals surface area contributed by atoms with Gasteiger partial charge < -0.3 is 20.1 Å². The largest absolute Gasteiger partial charge is 0.494 e. The van der Waals surface area contributed by atoms with E-state index in [1.54, 1.807) is 12.3 Å². The first-order valence-electron chi connectivity index (χ1n) is 9.66. The standard InChI is InChI=1S/C21H27ClN4O2/c1-4-23-21(25-12-15-6-7-20(22)24-11-15)26-13-17-10-19-16(8-14(3)28-19)9-18(17)27-5-2/h6-7,9-11,14H,4-5,8,12-13H2,1-3H3,(H2,23,25,26). The Morgan fingerprint density at radius 1 is 1.32 bits per heavy atom. The van der Waals surface area contributed by atoms with Crippen molar-refractivity contribution in [3.8, 4) is 11.5 Å². The molecule has 0 bridgehead atoms. The second-order valence-corrected chi connectivity index (χ2v) is 7.06. The van der Waals surface area contributed by atoms with E-state index in [2.05, 4.69) is 39.7 Å². The molecule has 7 heteroatoms. The zero-order valence-electron chi connectivity index (χ0n) is 16.6. The van der Waals surface area contributed by atoms with Crippen LogP contribution in [0, 0.1) is 0 Å². The molecule has 150 valence electrons. The molecule has 1 aliphatic rings. The summed E-state index contributed by atoms with van der Waals surface area (Å²) in [5.41, 5.74) is 3.25. The lowest BCUT2D eigenvalue weighted by atomic mass is 10.1. The molecule has 0 saturated heterocycles. The summed E-state index contributed by atoms with van der Waals surface area (Å²) >= 11 is 5.84. The van der Waals surface area contributed by atoms with Crippen molar-refractivity contribution < 1.29 is 9.47 Å². The number of benzene rings is 1. The second kappa shape index (κ2) is 9.64. The molecule has 28 heavy (non-hydrogen) atoms. The number of fused-ring (bicyclic) bond motifs is 1. The number of guanidine groups is 1. The van der Waals surface area contributed by atoms with Crippen molar-refractivity contribution in [3.63, 3.8) is 0 Å². The number of ether oxygens (including phenoxy) is 2. The molecule has 1 unspecified atom stereocenters. The highest BCUT2D eigenvalue weighted by Gasteiger charge is 2.21. The van der Waals surface area contributed by atoms with Crippen LogP contribution < -0.4 is 20.1 Å². The molecule has 6 nitrogen and oxygen atoms in total. The summed E-state index contributed by atoms with van der Waals surface area (Å²) < 4.78 is 11.8. The maximum atomic E-state index is 5.90. The van der Waals surface area contributed by atoms with Crippen molar-refractivity contribution in [3.05, 3.63) is 52.3 Å². The van der Waals surface area contributed by atoms with Gasteiger partial charge in [-0.1, -0.05) is 17.7 Å². The highest BCUT2D eigenvalue weighted by atomic mass is 35.5. The monoisotopic (exact) mass is 402 g/mol. The first kappa shape index (κ1) is 20.3. The van der Waals surface area contributed by atoms with E-state index in [1.165, 1.54) is 5.56 Å². The molecule has 2 aromatic rings. The first-order chi connectivity index (χ1) is 13.6. The first-order valence-corrected chi connectivity index (χ1v) is 10.0. The Morgan fingerprint density at radius 3 is 2.89 bits per heavy atom. The predicted molar refractivity (Wildman–Crippen MR) is 112 cm³/mol. The van der Waals surface area contributed by atoms with Gasteiger partial charge in [0.1, 0.15) is 22.8 Å². The zero-order chi connectivity index (χ0) is 19.9. The van der Waals surface area contributed by atoms with Crippen LogP contribution in [0.25, 0.3) is 0 Å². The Morgan fingerprint density at radius 2 is 2.18 bits per heavy atom. The Hall–Kier alpha value is -2.47. The van der Waals surface area contributed by atoms with Crippen LogP contribution in [0.15, 0.2) is 35.5 Å². The fourth-order valence-electron chi connectivity index (χ4n) is 3.10. The number of aromatic nitrogens is 1. The lowest BCUT2D eigenvalue weighted by Crippen LogP contribution is -2.36. The van der Waals surface area contributed by atoms with E-state index in [0.717, 1.165) is 41.6 Å². The summed E-state index contributed by atoms with van der Waals surface area (Å²) in [6.45, 7) is 8.62. The van der Waals surface area contributed by atoms with Crippen molar-refractivity contribution in [2.75, 3.05) is 13.2 Å². The van der Waals surface area contributed by atoms with Crippen LogP contribution in [0.3, 0.4) is 0 Å². The molecular formula is C21H27ClN4O2. The molecule has 1 atom stereocenters. The maximum absolute atomic E-state index is 5.90. The smallest absolute Gasteiger partial charge is 0.191 e. The van der Waals surface area contributed by atoms with Gasteiger partial charge in [0.15, 0.2) is 5.96 Å². The van der Waals surface area contributed by atoms with Gasteiger partial charge in [-0.15, -0.1) is 0 Å². The molecule has 1 aliphatic heterocycles. The van der Waals surface area contributed by atoms with Crippen LogP contribution >= 0.6 is 11.6 Å². The average Bonchev–Trinajstić information content (AvgIpc) is 3.04. The molecule has 3 rings (SSSR count). The van der Waals surface area contributed by atoms with Gasteiger partial charge in [0.2, 0.25) is 0 Å². The van der Waals surface area contributed by atoms with E-state index in [9.17, 15) is 0 Å². The number of hydrogen-bond donors (Lipinski definition) is 2. The quantitative estimate of drug-likeness (QED) is 0.420. The van der Waals surface area contributed by atoms with Crippen molar-refractivity contribution in [1.29, 1.82) is 0 Å². The summed E-state index contributed by atoms with van der Waals surface area (Å²) in [5, 5.41) is 7.12. The Labute approximate surface area is 171 Å². The summed E-state index contributed by atoms with van der Waals surface area (Å²) in [6, 6.07) is 7.87. The molecular weight excluding hydrogens is 376 g/mol. The summed E-state index contributed by atoms with van der Waals surface area (Å²) in [5.74, 6) is 2.57. The number of aliphatic imine (C=N–C) groups is 1. The third kappa shape index (κ3) is 5.29. The normalized spacial score (nSPS) is 15.7.